The van der Waals surface area contributed by atoms with Crippen LogP contribution in [0.5, 0.6) is 0 Å². The van der Waals surface area contributed by atoms with Crippen molar-refractivity contribution in [2.75, 3.05) is 6.26 Å². The van der Waals surface area contributed by atoms with Crippen LogP contribution < -0.4 is 0 Å². The Balaban J connectivity index is 2.01. The Hall–Kier alpha value is -2.54. The highest BCUT2D eigenvalue weighted by atomic mass is 32.2. The van der Waals surface area contributed by atoms with Gasteiger partial charge in [0.15, 0.2) is 9.84 Å². The second kappa shape index (κ2) is 5.10. The molecule has 21 heavy (non-hydrogen) atoms. The fourth-order valence-corrected chi connectivity index (χ4v) is 2.47. The van der Waals surface area contributed by atoms with Crippen molar-refractivity contribution in [2.24, 2.45) is 0 Å². The smallest absolute Gasteiger partial charge is 0.276 e. The number of nitrogens with zero attached hydrogens (tertiary/aromatic N) is 3. The van der Waals surface area contributed by atoms with E-state index in [2.05, 4.69) is 15.1 Å². The summed E-state index contributed by atoms with van der Waals surface area (Å²) >= 11 is 0. The van der Waals surface area contributed by atoms with Crippen molar-refractivity contribution in [1.82, 2.24) is 15.1 Å². The highest BCUT2D eigenvalue weighted by molar-refractivity contribution is 7.90. The zero-order valence-electron chi connectivity index (χ0n) is 11.1. The van der Waals surface area contributed by atoms with E-state index in [9.17, 15) is 8.42 Å². The lowest BCUT2D eigenvalue weighted by Gasteiger charge is -1.99. The van der Waals surface area contributed by atoms with Gasteiger partial charge in [0.05, 0.1) is 4.90 Å². The molecule has 0 saturated carbocycles. The highest BCUT2D eigenvalue weighted by Crippen LogP contribution is 2.22. The fraction of sp³-hybridized carbons (Fsp3) is 0.0714. The molecule has 0 saturated heterocycles. The van der Waals surface area contributed by atoms with Crippen LogP contribution in [0.25, 0.3) is 23.0 Å². The van der Waals surface area contributed by atoms with Gasteiger partial charge in [0, 0.05) is 18.0 Å². The second-order valence-electron chi connectivity index (χ2n) is 4.44. The quantitative estimate of drug-likeness (QED) is 0.737. The van der Waals surface area contributed by atoms with Crippen LogP contribution in [-0.2, 0) is 9.84 Å². The molecule has 0 aliphatic carbocycles. The van der Waals surface area contributed by atoms with Crippen LogP contribution in [0, 0.1) is 0 Å². The van der Waals surface area contributed by atoms with Crippen LogP contribution >= 0.6 is 0 Å². The Morgan fingerprint density at radius 1 is 1.10 bits per heavy atom. The fourth-order valence-electron chi connectivity index (χ4n) is 1.80. The van der Waals surface area contributed by atoms with Gasteiger partial charge in [0.25, 0.3) is 5.89 Å². The molecule has 2 heterocycles. The van der Waals surface area contributed by atoms with Crippen molar-refractivity contribution in [3.05, 3.63) is 48.7 Å². The average molecular weight is 301 g/mol. The van der Waals surface area contributed by atoms with Gasteiger partial charge in [-0.15, -0.1) is 0 Å². The summed E-state index contributed by atoms with van der Waals surface area (Å²) in [5, 5.41) is 3.87. The summed E-state index contributed by atoms with van der Waals surface area (Å²) in [6, 6.07) is 11.8. The van der Waals surface area contributed by atoms with Crippen molar-refractivity contribution < 1.29 is 12.9 Å². The lowest BCUT2D eigenvalue weighted by molar-refractivity contribution is 0.431. The number of benzene rings is 1. The van der Waals surface area contributed by atoms with Crippen LogP contribution in [0.1, 0.15) is 0 Å². The molecule has 2 aromatic heterocycles. The van der Waals surface area contributed by atoms with Gasteiger partial charge in [-0.1, -0.05) is 23.4 Å². The Morgan fingerprint density at radius 3 is 2.67 bits per heavy atom. The predicted octanol–water partition coefficient (Wildman–Crippen LogP) is 2.20. The summed E-state index contributed by atoms with van der Waals surface area (Å²) in [6.07, 6.45) is 2.78. The molecule has 0 amide bonds. The molecule has 0 bridgehead atoms. The maximum absolute atomic E-state index is 11.6. The van der Waals surface area contributed by atoms with E-state index in [1.165, 1.54) is 12.1 Å². The zero-order valence-corrected chi connectivity index (χ0v) is 11.9. The minimum atomic E-state index is -3.28. The minimum absolute atomic E-state index is 0.212. The molecular formula is C14H11N3O3S. The van der Waals surface area contributed by atoms with Gasteiger partial charge in [-0.3, -0.25) is 4.98 Å². The predicted molar refractivity (Wildman–Crippen MR) is 76.1 cm³/mol. The number of sulfone groups is 1. The standard InChI is InChI=1S/C14H11N3O3S/c1-21(18,19)11-6-4-5-10(9-11)13-16-14(20-17-13)12-7-2-3-8-15-12/h2-9H,1H3. The van der Waals surface area contributed by atoms with E-state index in [1.54, 1.807) is 30.5 Å². The third kappa shape index (κ3) is 2.82. The Kier molecular flexibility index (Phi) is 3.26. The molecule has 0 unspecified atom stereocenters. The Morgan fingerprint density at radius 2 is 1.95 bits per heavy atom. The Labute approximate surface area is 121 Å². The second-order valence-corrected chi connectivity index (χ2v) is 6.45. The molecule has 0 spiro atoms. The summed E-state index contributed by atoms with van der Waals surface area (Å²) in [4.78, 5) is 8.57. The van der Waals surface area contributed by atoms with Crippen LogP contribution in [0.3, 0.4) is 0 Å². The Bertz CT molecular complexity index is 873. The summed E-state index contributed by atoms with van der Waals surface area (Å²) in [6.45, 7) is 0. The van der Waals surface area contributed by atoms with Gasteiger partial charge in [-0.25, -0.2) is 8.42 Å². The maximum atomic E-state index is 11.6. The molecule has 7 heteroatoms. The maximum Gasteiger partial charge on any atom is 0.276 e. The lowest BCUT2D eigenvalue weighted by atomic mass is 10.2. The molecule has 0 fully saturated rings. The molecule has 106 valence electrons. The summed E-state index contributed by atoms with van der Waals surface area (Å²) in [5.41, 5.74) is 1.14. The lowest BCUT2D eigenvalue weighted by Crippen LogP contribution is -1.97. The molecule has 0 aliphatic heterocycles. The van der Waals surface area contributed by atoms with Crippen molar-refractivity contribution in [3.63, 3.8) is 0 Å². The molecule has 0 aliphatic rings. The monoisotopic (exact) mass is 301 g/mol. The first kappa shape index (κ1) is 13.4. The molecule has 0 radical (unpaired) electrons. The largest absolute Gasteiger partial charge is 0.332 e. The van der Waals surface area contributed by atoms with Crippen molar-refractivity contribution >= 4 is 9.84 Å². The third-order valence-corrected chi connectivity index (χ3v) is 3.94. The van der Waals surface area contributed by atoms with E-state index in [4.69, 9.17) is 4.52 Å². The molecule has 0 atom stereocenters. The highest BCUT2D eigenvalue weighted by Gasteiger charge is 2.13. The van der Waals surface area contributed by atoms with Gasteiger partial charge < -0.3 is 4.52 Å². The molecule has 3 aromatic rings. The van der Waals surface area contributed by atoms with Crippen LogP contribution in [-0.4, -0.2) is 29.8 Å². The van der Waals surface area contributed by atoms with Crippen molar-refractivity contribution in [1.29, 1.82) is 0 Å². The summed E-state index contributed by atoms with van der Waals surface area (Å²) < 4.78 is 28.3. The van der Waals surface area contributed by atoms with Gasteiger partial charge in [-0.05, 0) is 24.3 Å². The van der Waals surface area contributed by atoms with E-state index in [-0.39, 0.29) is 10.8 Å². The van der Waals surface area contributed by atoms with Crippen molar-refractivity contribution in [2.45, 2.75) is 4.90 Å². The summed E-state index contributed by atoms with van der Waals surface area (Å²) in [7, 11) is -3.28. The van der Waals surface area contributed by atoms with E-state index in [0.29, 0.717) is 17.1 Å². The first-order chi connectivity index (χ1) is 10.0. The van der Waals surface area contributed by atoms with Crippen LogP contribution in [0.2, 0.25) is 0 Å². The molecule has 1 aromatic carbocycles. The van der Waals surface area contributed by atoms with E-state index in [0.717, 1.165) is 6.26 Å². The summed E-state index contributed by atoms with van der Waals surface area (Å²) in [5.74, 6) is 0.608. The molecule has 6 nitrogen and oxygen atoms in total. The number of hydrogen-bond acceptors (Lipinski definition) is 6. The van der Waals surface area contributed by atoms with Crippen LogP contribution in [0.4, 0.5) is 0 Å². The van der Waals surface area contributed by atoms with E-state index >= 15 is 0 Å². The third-order valence-electron chi connectivity index (χ3n) is 2.83. The molecule has 0 N–H and O–H groups in total. The van der Waals surface area contributed by atoms with E-state index < -0.39 is 9.84 Å². The van der Waals surface area contributed by atoms with Crippen LogP contribution in [0.15, 0.2) is 58.1 Å². The molecular weight excluding hydrogens is 290 g/mol. The molecule has 3 rings (SSSR count). The van der Waals surface area contributed by atoms with E-state index in [1.807, 2.05) is 6.07 Å². The number of hydrogen-bond donors (Lipinski definition) is 0. The van der Waals surface area contributed by atoms with Gasteiger partial charge in [-0.2, -0.15) is 4.98 Å². The SMILES string of the molecule is CS(=O)(=O)c1cccc(-c2noc(-c3ccccn3)n2)c1. The number of aromatic nitrogens is 3. The van der Waals surface area contributed by atoms with Gasteiger partial charge >= 0.3 is 0 Å². The van der Waals surface area contributed by atoms with Crippen molar-refractivity contribution in [3.8, 4) is 23.0 Å². The van der Waals surface area contributed by atoms with Gasteiger partial charge in [0.1, 0.15) is 5.69 Å². The number of rotatable bonds is 3. The zero-order chi connectivity index (χ0) is 14.9. The first-order valence-corrected chi connectivity index (χ1v) is 7.99. The van der Waals surface area contributed by atoms with Gasteiger partial charge in [0.2, 0.25) is 5.82 Å². The first-order valence-electron chi connectivity index (χ1n) is 6.10. The average Bonchev–Trinajstić information content (AvgIpc) is 2.97. The number of pyridine rings is 1. The normalized spacial score (nSPS) is 11.5. The topological polar surface area (TPSA) is 86.0 Å². The minimum Gasteiger partial charge on any atom is -0.332 e.